The molecule has 0 spiro atoms. The molecule has 0 N–H and O–H groups in total. The van der Waals surface area contributed by atoms with Gasteiger partial charge in [-0.1, -0.05) is 0 Å². The van der Waals surface area contributed by atoms with Crippen LogP contribution in [0.1, 0.15) is 36.8 Å². The van der Waals surface area contributed by atoms with E-state index in [4.69, 9.17) is 0 Å². The zero-order valence-electron chi connectivity index (χ0n) is 15.7. The number of anilines is 1. The molecule has 4 rings (SSSR count). The van der Waals surface area contributed by atoms with Gasteiger partial charge in [0.1, 0.15) is 11.9 Å². The Morgan fingerprint density at radius 1 is 1.11 bits per heavy atom. The number of benzene rings is 1. The minimum absolute atomic E-state index is 0.316. The molecule has 0 radical (unpaired) electrons. The Labute approximate surface area is 169 Å². The van der Waals surface area contributed by atoms with Gasteiger partial charge in [-0.3, -0.25) is 0 Å². The van der Waals surface area contributed by atoms with E-state index in [-0.39, 0.29) is 5.75 Å². The van der Waals surface area contributed by atoms with Crippen molar-refractivity contribution < 1.29 is 17.5 Å². The summed E-state index contributed by atoms with van der Waals surface area (Å²) in [7, 11) is -4.14. The molecule has 2 aromatic rings. The molecular formula is C19H24N4O3S2. The molecule has 9 heteroatoms. The predicted molar refractivity (Wildman–Crippen MR) is 108 cm³/mol. The molecule has 1 aromatic heterocycles. The second kappa shape index (κ2) is 8.26. The maximum Gasteiger partial charge on any atom is 0.408 e. The van der Waals surface area contributed by atoms with Gasteiger partial charge in [-0.05, 0) is 78.2 Å². The minimum Gasteiger partial charge on any atom is -0.748 e. The zero-order chi connectivity index (χ0) is 19.6. The van der Waals surface area contributed by atoms with Crippen molar-refractivity contribution in [3.63, 3.8) is 0 Å². The molecule has 0 atom stereocenters. The Hall–Kier alpha value is -1.84. The molecule has 3 heterocycles. The van der Waals surface area contributed by atoms with Crippen LogP contribution >= 0.6 is 11.3 Å². The van der Waals surface area contributed by atoms with Crippen molar-refractivity contribution in [2.75, 3.05) is 23.7 Å². The van der Waals surface area contributed by atoms with Crippen LogP contribution < -0.4 is 9.47 Å². The lowest BCUT2D eigenvalue weighted by molar-refractivity contribution is -0.680. The van der Waals surface area contributed by atoms with Crippen LogP contribution in [0.4, 0.5) is 16.5 Å². The van der Waals surface area contributed by atoms with E-state index < -0.39 is 10.1 Å². The summed E-state index contributed by atoms with van der Waals surface area (Å²) in [6.45, 7) is 2.94. The highest BCUT2D eigenvalue weighted by molar-refractivity contribution is 7.85. The van der Waals surface area contributed by atoms with Crippen LogP contribution in [0.15, 0.2) is 33.9 Å². The number of aromatic nitrogens is 1. The van der Waals surface area contributed by atoms with Crippen LogP contribution in [0, 0.1) is 0 Å². The van der Waals surface area contributed by atoms with Crippen LogP contribution in [0.2, 0.25) is 0 Å². The number of hydrogen-bond donors (Lipinski definition) is 0. The van der Waals surface area contributed by atoms with E-state index in [0.29, 0.717) is 19.4 Å². The second-order valence-electron chi connectivity index (χ2n) is 7.35. The molecule has 150 valence electrons. The number of unbranched alkanes of at least 4 members (excludes halogenated alkanes) is 1. The first-order valence-corrected chi connectivity index (χ1v) is 12.2. The molecule has 0 saturated heterocycles. The van der Waals surface area contributed by atoms with Crippen LogP contribution in [0.25, 0.3) is 0 Å². The third-order valence-electron chi connectivity index (χ3n) is 5.27. The fourth-order valence-electron chi connectivity index (χ4n) is 4.05. The third kappa shape index (κ3) is 4.59. The maximum absolute atomic E-state index is 10.7. The van der Waals surface area contributed by atoms with Crippen LogP contribution in [-0.2, 0) is 29.5 Å². The topological polar surface area (TPSA) is 89.0 Å². The number of nitrogens with zero attached hydrogens (tertiary/aromatic N) is 4. The highest BCUT2D eigenvalue weighted by atomic mass is 32.2. The van der Waals surface area contributed by atoms with Gasteiger partial charge in [0.05, 0.1) is 21.8 Å². The highest BCUT2D eigenvalue weighted by Gasteiger charge is 2.24. The van der Waals surface area contributed by atoms with Crippen molar-refractivity contribution in [1.82, 2.24) is 0 Å². The van der Waals surface area contributed by atoms with Gasteiger partial charge in [0, 0.05) is 29.9 Å². The van der Waals surface area contributed by atoms with Gasteiger partial charge >= 0.3 is 5.13 Å². The molecular weight excluding hydrogens is 396 g/mol. The van der Waals surface area contributed by atoms with E-state index in [1.54, 1.807) is 0 Å². The molecule has 2 aliphatic heterocycles. The summed E-state index contributed by atoms with van der Waals surface area (Å²) >= 11 is 1.50. The van der Waals surface area contributed by atoms with Gasteiger partial charge in [0.25, 0.3) is 0 Å². The molecule has 28 heavy (non-hydrogen) atoms. The van der Waals surface area contributed by atoms with Gasteiger partial charge < -0.3 is 9.45 Å². The van der Waals surface area contributed by atoms with Gasteiger partial charge in [-0.25, -0.2) is 13.0 Å². The summed E-state index contributed by atoms with van der Waals surface area (Å²) in [6.07, 6.45) is 7.47. The molecule has 0 unspecified atom stereocenters. The Morgan fingerprint density at radius 3 is 2.50 bits per heavy atom. The lowest BCUT2D eigenvalue weighted by Gasteiger charge is -2.36. The lowest BCUT2D eigenvalue weighted by Crippen LogP contribution is -2.34. The first kappa shape index (κ1) is 19.5. The van der Waals surface area contributed by atoms with E-state index in [9.17, 15) is 13.0 Å². The fourth-order valence-corrected chi connectivity index (χ4v) is 5.31. The summed E-state index contributed by atoms with van der Waals surface area (Å²) in [5.41, 5.74) is 5.09. The van der Waals surface area contributed by atoms with Crippen molar-refractivity contribution in [3.05, 3.63) is 34.8 Å². The van der Waals surface area contributed by atoms with Gasteiger partial charge in [-0.2, -0.15) is 0 Å². The average molecular weight is 421 g/mol. The Bertz CT molecular complexity index is 954. The Morgan fingerprint density at radius 2 is 1.82 bits per heavy atom. The van der Waals surface area contributed by atoms with Crippen molar-refractivity contribution in [2.45, 2.75) is 45.1 Å². The first-order valence-electron chi connectivity index (χ1n) is 9.72. The Balaban J connectivity index is 1.46. The van der Waals surface area contributed by atoms with Gasteiger partial charge in [0.2, 0.25) is 0 Å². The highest BCUT2D eigenvalue weighted by Crippen LogP contribution is 2.38. The SMILES string of the molecule is O=S(=O)([O-])CCCC[n+]1ccsc1/N=N/c1cc2c3c(c1)CCCN3CCC2. The van der Waals surface area contributed by atoms with Crippen molar-refractivity contribution in [1.29, 1.82) is 0 Å². The summed E-state index contributed by atoms with van der Waals surface area (Å²) in [4.78, 5) is 2.51. The van der Waals surface area contributed by atoms with Crippen LogP contribution in [0.5, 0.6) is 0 Å². The summed E-state index contributed by atoms with van der Waals surface area (Å²) in [6, 6.07) is 4.33. The first-order chi connectivity index (χ1) is 13.5. The maximum atomic E-state index is 10.7. The van der Waals surface area contributed by atoms with Gasteiger partial charge in [0.15, 0.2) is 0 Å². The lowest BCUT2D eigenvalue weighted by atomic mass is 9.91. The zero-order valence-corrected chi connectivity index (χ0v) is 17.3. The molecule has 2 aliphatic rings. The summed E-state index contributed by atoms with van der Waals surface area (Å²) < 4.78 is 34.1. The third-order valence-corrected chi connectivity index (χ3v) is 6.84. The number of thiazole rings is 1. The number of aryl methyl sites for hydroxylation is 3. The summed E-state index contributed by atoms with van der Waals surface area (Å²) in [5.74, 6) is -0.316. The number of azo groups is 1. The standard InChI is InChI=1S/C19H24N4O3S2/c24-28(25,26)12-2-1-7-23-10-11-27-19(23)21-20-17-13-15-5-3-8-22-9-4-6-16(14-17)18(15)22/h10-11,13-14H,1-9,12H2. The molecule has 0 saturated carbocycles. The minimum atomic E-state index is -4.14. The molecule has 0 amide bonds. The van der Waals surface area contributed by atoms with E-state index in [0.717, 1.165) is 36.8 Å². The second-order valence-corrected chi connectivity index (χ2v) is 9.75. The van der Waals surface area contributed by atoms with Crippen molar-refractivity contribution in [3.8, 4) is 0 Å². The monoisotopic (exact) mass is 420 g/mol. The fraction of sp³-hybridized carbons (Fsp3) is 0.526. The van der Waals surface area contributed by atoms with Crippen LogP contribution in [-0.4, -0.2) is 31.8 Å². The summed E-state index contributed by atoms with van der Waals surface area (Å²) in [5, 5.41) is 11.6. The normalized spacial score (nSPS) is 16.5. The van der Waals surface area contributed by atoms with E-state index >= 15 is 0 Å². The van der Waals surface area contributed by atoms with Crippen molar-refractivity contribution >= 4 is 38.0 Å². The largest absolute Gasteiger partial charge is 0.748 e. The quantitative estimate of drug-likeness (QED) is 0.297. The molecule has 7 nitrogen and oxygen atoms in total. The molecule has 0 bridgehead atoms. The number of rotatable bonds is 7. The molecule has 1 aromatic carbocycles. The van der Waals surface area contributed by atoms with Crippen molar-refractivity contribution in [2.24, 2.45) is 10.2 Å². The van der Waals surface area contributed by atoms with E-state index in [1.165, 1.54) is 41.0 Å². The predicted octanol–water partition coefficient (Wildman–Crippen LogP) is 3.48. The Kier molecular flexibility index (Phi) is 5.75. The van der Waals surface area contributed by atoms with Crippen LogP contribution in [0.3, 0.4) is 0 Å². The molecule has 0 fully saturated rings. The van der Waals surface area contributed by atoms with E-state index in [2.05, 4.69) is 27.3 Å². The number of hydrogen-bond acceptors (Lipinski definition) is 7. The van der Waals surface area contributed by atoms with E-state index in [1.807, 2.05) is 16.1 Å². The average Bonchev–Trinajstić information content (AvgIpc) is 3.11. The smallest absolute Gasteiger partial charge is 0.408 e. The van der Waals surface area contributed by atoms with Gasteiger partial charge in [-0.15, -0.1) is 0 Å². The molecule has 0 aliphatic carbocycles.